The third kappa shape index (κ3) is 2.54. The topological polar surface area (TPSA) is 32.3 Å². The molecule has 0 bridgehead atoms. The molecule has 3 nitrogen and oxygen atoms in total. The predicted molar refractivity (Wildman–Crippen MR) is 82.2 cm³/mol. The first-order chi connectivity index (χ1) is 9.79. The molecule has 1 unspecified atom stereocenters. The number of hydrogen-bond donors (Lipinski definition) is 1. The quantitative estimate of drug-likeness (QED) is 0.894. The molecule has 0 radical (unpaired) electrons. The van der Waals surface area contributed by atoms with Crippen LogP contribution >= 0.6 is 0 Å². The highest BCUT2D eigenvalue weighted by Gasteiger charge is 2.25. The van der Waals surface area contributed by atoms with Crippen molar-refractivity contribution in [2.75, 3.05) is 18.4 Å². The van der Waals surface area contributed by atoms with Crippen LogP contribution in [-0.2, 0) is 6.42 Å². The monoisotopic (exact) mass is 272 g/mol. The number of rotatable bonds is 2. The molecule has 3 heteroatoms. The number of carbonyl (C=O) groups is 1. The first-order valence-electron chi connectivity index (χ1n) is 7.97. The lowest BCUT2D eigenvalue weighted by Crippen LogP contribution is -2.39. The molecule has 0 saturated carbocycles. The van der Waals surface area contributed by atoms with Crippen LogP contribution in [0.25, 0.3) is 0 Å². The fourth-order valence-corrected chi connectivity index (χ4v) is 3.46. The maximum Gasteiger partial charge on any atom is 0.254 e. The number of benzene rings is 1. The number of hydrogen-bond acceptors (Lipinski definition) is 2. The summed E-state index contributed by atoms with van der Waals surface area (Å²) in [6, 6.07) is 6.58. The Morgan fingerprint density at radius 3 is 3.10 bits per heavy atom. The second-order valence-electron chi connectivity index (χ2n) is 5.96. The van der Waals surface area contributed by atoms with E-state index in [4.69, 9.17) is 0 Å². The number of nitrogens with zero attached hydrogens (tertiary/aromatic N) is 1. The van der Waals surface area contributed by atoms with E-state index < -0.39 is 0 Å². The van der Waals surface area contributed by atoms with Crippen LogP contribution in [0, 0.1) is 0 Å². The summed E-state index contributed by atoms with van der Waals surface area (Å²) in [4.78, 5) is 14.9. The molecular weight excluding hydrogens is 248 g/mol. The number of carbonyl (C=O) groups excluding carboxylic acids is 1. The maximum atomic E-state index is 12.8. The van der Waals surface area contributed by atoms with Crippen molar-refractivity contribution in [3.63, 3.8) is 0 Å². The molecule has 1 amide bonds. The zero-order valence-corrected chi connectivity index (χ0v) is 12.3. The van der Waals surface area contributed by atoms with Crippen molar-refractivity contribution in [2.45, 2.75) is 51.5 Å². The van der Waals surface area contributed by atoms with Crippen molar-refractivity contribution in [1.29, 1.82) is 0 Å². The van der Waals surface area contributed by atoms with Gasteiger partial charge in [-0.1, -0.05) is 25.8 Å². The molecule has 1 fully saturated rings. The second kappa shape index (κ2) is 5.86. The number of amides is 1. The molecule has 3 rings (SSSR count). The summed E-state index contributed by atoms with van der Waals surface area (Å²) in [6.45, 7) is 4.11. The van der Waals surface area contributed by atoms with E-state index in [2.05, 4.69) is 23.2 Å². The Labute approximate surface area is 121 Å². The number of fused-ring (bicyclic) bond motifs is 1. The van der Waals surface area contributed by atoms with Gasteiger partial charge in [0.2, 0.25) is 0 Å². The fraction of sp³-hybridized carbons (Fsp3) is 0.588. The normalized spacial score (nSPS) is 22.1. The molecule has 1 N–H and O–H groups in total. The Hall–Kier alpha value is -1.51. The van der Waals surface area contributed by atoms with Crippen LogP contribution in [0.4, 0.5) is 5.69 Å². The van der Waals surface area contributed by atoms with Crippen LogP contribution in [0.5, 0.6) is 0 Å². The van der Waals surface area contributed by atoms with Crippen molar-refractivity contribution < 1.29 is 4.79 Å². The summed E-state index contributed by atoms with van der Waals surface area (Å²) >= 11 is 0. The minimum atomic E-state index is 0.218. The van der Waals surface area contributed by atoms with Crippen molar-refractivity contribution in [3.05, 3.63) is 29.3 Å². The van der Waals surface area contributed by atoms with Gasteiger partial charge in [-0.2, -0.15) is 0 Å². The predicted octanol–water partition coefficient (Wildman–Crippen LogP) is 3.45. The highest BCUT2D eigenvalue weighted by molar-refractivity contribution is 5.95. The Bertz CT molecular complexity index is 498. The number of nitrogens with one attached hydrogen (secondary N) is 1. The van der Waals surface area contributed by atoms with Gasteiger partial charge in [0.05, 0.1) is 0 Å². The van der Waals surface area contributed by atoms with Crippen molar-refractivity contribution in [3.8, 4) is 0 Å². The zero-order valence-electron chi connectivity index (χ0n) is 12.3. The maximum absolute atomic E-state index is 12.8. The Morgan fingerprint density at radius 2 is 2.25 bits per heavy atom. The molecule has 0 spiro atoms. The average Bonchev–Trinajstić information content (AvgIpc) is 2.81. The lowest BCUT2D eigenvalue weighted by atomic mass is 10.0. The van der Waals surface area contributed by atoms with E-state index in [1.807, 2.05) is 12.1 Å². The van der Waals surface area contributed by atoms with E-state index in [9.17, 15) is 4.79 Å². The zero-order chi connectivity index (χ0) is 13.9. The molecule has 1 aromatic carbocycles. The highest BCUT2D eigenvalue weighted by Crippen LogP contribution is 2.26. The Kier molecular flexibility index (Phi) is 3.95. The lowest BCUT2D eigenvalue weighted by molar-refractivity contribution is 0.0678. The summed E-state index contributed by atoms with van der Waals surface area (Å²) in [5.41, 5.74) is 3.33. The number of likely N-dealkylation sites (tertiary alicyclic amines) is 1. The molecule has 108 valence electrons. The van der Waals surface area contributed by atoms with Gasteiger partial charge in [0.25, 0.3) is 5.91 Å². The Morgan fingerprint density at radius 1 is 1.35 bits per heavy atom. The van der Waals surface area contributed by atoms with Crippen LogP contribution in [0.2, 0.25) is 0 Å². The lowest BCUT2D eigenvalue weighted by Gasteiger charge is -2.29. The van der Waals surface area contributed by atoms with Crippen LogP contribution < -0.4 is 5.32 Å². The third-order valence-corrected chi connectivity index (χ3v) is 4.68. The van der Waals surface area contributed by atoms with Crippen LogP contribution in [0.3, 0.4) is 0 Å². The van der Waals surface area contributed by atoms with Crippen molar-refractivity contribution in [2.24, 2.45) is 0 Å². The smallest absolute Gasteiger partial charge is 0.254 e. The van der Waals surface area contributed by atoms with E-state index in [0.717, 1.165) is 50.0 Å². The van der Waals surface area contributed by atoms with Crippen LogP contribution in [-0.4, -0.2) is 29.9 Å². The summed E-state index contributed by atoms with van der Waals surface area (Å²) in [7, 11) is 0. The van der Waals surface area contributed by atoms with Gasteiger partial charge in [-0.3, -0.25) is 4.79 Å². The van der Waals surface area contributed by atoms with Crippen molar-refractivity contribution in [1.82, 2.24) is 4.90 Å². The van der Waals surface area contributed by atoms with E-state index in [1.54, 1.807) is 0 Å². The van der Waals surface area contributed by atoms with E-state index in [-0.39, 0.29) is 5.91 Å². The minimum absolute atomic E-state index is 0.218. The summed E-state index contributed by atoms with van der Waals surface area (Å²) in [5, 5.41) is 3.37. The van der Waals surface area contributed by atoms with Gasteiger partial charge >= 0.3 is 0 Å². The summed E-state index contributed by atoms with van der Waals surface area (Å²) in [6.07, 6.45) is 6.96. The summed E-state index contributed by atoms with van der Waals surface area (Å²) < 4.78 is 0. The van der Waals surface area contributed by atoms with E-state index in [1.165, 1.54) is 18.4 Å². The van der Waals surface area contributed by atoms with Crippen molar-refractivity contribution >= 4 is 11.6 Å². The Balaban J connectivity index is 1.83. The van der Waals surface area contributed by atoms with Gasteiger partial charge in [0.1, 0.15) is 0 Å². The standard InChI is InChI=1S/C17H24N2O/c1-2-15-6-4-3-5-11-19(15)17(20)14-8-7-13-9-10-18-16(13)12-14/h7-8,12,15,18H,2-6,9-11H2,1H3. The first kappa shape index (κ1) is 13.5. The SMILES string of the molecule is CCC1CCCCCN1C(=O)c1ccc2c(c1)NCC2. The molecule has 0 aliphatic carbocycles. The van der Waals surface area contributed by atoms with Gasteiger partial charge in [-0.05, 0) is 43.4 Å². The molecule has 0 aromatic heterocycles. The molecule has 2 heterocycles. The second-order valence-corrected chi connectivity index (χ2v) is 5.96. The molecule has 2 aliphatic heterocycles. The molecule has 2 aliphatic rings. The van der Waals surface area contributed by atoms with Gasteiger partial charge in [-0.15, -0.1) is 0 Å². The minimum Gasteiger partial charge on any atom is -0.384 e. The van der Waals surface area contributed by atoms with Gasteiger partial charge < -0.3 is 10.2 Å². The largest absolute Gasteiger partial charge is 0.384 e. The van der Waals surface area contributed by atoms with Crippen LogP contribution in [0.1, 0.15) is 54.9 Å². The van der Waals surface area contributed by atoms with Gasteiger partial charge in [-0.25, -0.2) is 0 Å². The number of anilines is 1. The molecule has 1 atom stereocenters. The van der Waals surface area contributed by atoms with Gasteiger partial charge in [0, 0.05) is 30.4 Å². The molecule has 1 aromatic rings. The molecule has 20 heavy (non-hydrogen) atoms. The first-order valence-corrected chi connectivity index (χ1v) is 7.97. The van der Waals surface area contributed by atoms with Gasteiger partial charge in [0.15, 0.2) is 0 Å². The van der Waals surface area contributed by atoms with Crippen LogP contribution in [0.15, 0.2) is 18.2 Å². The average molecular weight is 272 g/mol. The van der Waals surface area contributed by atoms with E-state index >= 15 is 0 Å². The fourth-order valence-electron chi connectivity index (χ4n) is 3.46. The highest BCUT2D eigenvalue weighted by atomic mass is 16.2. The third-order valence-electron chi connectivity index (χ3n) is 4.68. The molecular formula is C17H24N2O. The summed E-state index contributed by atoms with van der Waals surface area (Å²) in [5.74, 6) is 0.218. The molecule has 1 saturated heterocycles. The van der Waals surface area contributed by atoms with E-state index in [0.29, 0.717) is 6.04 Å².